The molecule has 0 bridgehead atoms. The van der Waals surface area contributed by atoms with Gasteiger partial charge < -0.3 is 14.4 Å². The summed E-state index contributed by atoms with van der Waals surface area (Å²) in [4.78, 5) is 36.8. The summed E-state index contributed by atoms with van der Waals surface area (Å²) >= 11 is 0. The SMILES string of the molecule is COC(=O)/C=C/C(=O)C(CC=C(C)C)N(C)C(=O)OC(C)(C)C. The van der Waals surface area contributed by atoms with Crippen LogP contribution >= 0.6 is 0 Å². The third kappa shape index (κ3) is 8.80. The molecule has 23 heavy (non-hydrogen) atoms. The second kappa shape index (κ2) is 9.12. The van der Waals surface area contributed by atoms with E-state index in [0.717, 1.165) is 17.7 Å². The van der Waals surface area contributed by atoms with Crippen molar-refractivity contribution in [3.8, 4) is 0 Å². The van der Waals surface area contributed by atoms with Crippen LogP contribution in [0.2, 0.25) is 0 Å². The molecule has 0 aliphatic heterocycles. The Labute approximate surface area is 138 Å². The molecule has 0 rings (SSSR count). The molecular weight excluding hydrogens is 298 g/mol. The van der Waals surface area contributed by atoms with Crippen LogP contribution in [0.25, 0.3) is 0 Å². The lowest BCUT2D eigenvalue weighted by atomic mass is 10.1. The maximum atomic E-state index is 12.3. The lowest BCUT2D eigenvalue weighted by Gasteiger charge is -2.29. The average molecular weight is 325 g/mol. The Bertz CT molecular complexity index is 496. The molecule has 1 amide bonds. The highest BCUT2D eigenvalue weighted by Crippen LogP contribution is 2.14. The first-order valence-electron chi connectivity index (χ1n) is 7.37. The van der Waals surface area contributed by atoms with Crippen molar-refractivity contribution < 1.29 is 23.9 Å². The van der Waals surface area contributed by atoms with Crippen LogP contribution in [0.15, 0.2) is 23.8 Å². The van der Waals surface area contributed by atoms with Crippen molar-refractivity contribution in [2.45, 2.75) is 52.7 Å². The number of carbonyl (C=O) groups excluding carboxylic acids is 3. The van der Waals surface area contributed by atoms with Crippen molar-refractivity contribution in [1.29, 1.82) is 0 Å². The van der Waals surface area contributed by atoms with Gasteiger partial charge in [-0.25, -0.2) is 9.59 Å². The Morgan fingerprint density at radius 2 is 1.70 bits per heavy atom. The van der Waals surface area contributed by atoms with E-state index in [4.69, 9.17) is 4.74 Å². The van der Waals surface area contributed by atoms with Crippen LogP contribution in [0.4, 0.5) is 4.79 Å². The van der Waals surface area contributed by atoms with Gasteiger partial charge in [-0.2, -0.15) is 0 Å². The second-order valence-corrected chi connectivity index (χ2v) is 6.38. The predicted molar refractivity (Wildman–Crippen MR) is 88.0 cm³/mol. The van der Waals surface area contributed by atoms with E-state index in [0.29, 0.717) is 6.42 Å². The first kappa shape index (κ1) is 20.9. The van der Waals surface area contributed by atoms with Gasteiger partial charge in [0.05, 0.1) is 7.11 Å². The van der Waals surface area contributed by atoms with Gasteiger partial charge in [-0.15, -0.1) is 0 Å². The van der Waals surface area contributed by atoms with Gasteiger partial charge in [0, 0.05) is 13.1 Å². The fourth-order valence-corrected chi connectivity index (χ4v) is 1.60. The maximum absolute atomic E-state index is 12.3. The first-order valence-corrected chi connectivity index (χ1v) is 7.37. The molecule has 0 heterocycles. The van der Waals surface area contributed by atoms with Gasteiger partial charge in [0.1, 0.15) is 11.6 Å². The topological polar surface area (TPSA) is 72.9 Å². The van der Waals surface area contributed by atoms with E-state index in [1.165, 1.54) is 19.1 Å². The minimum atomic E-state index is -0.749. The molecule has 0 aliphatic carbocycles. The molecule has 0 spiro atoms. The van der Waals surface area contributed by atoms with Gasteiger partial charge in [0.2, 0.25) is 0 Å². The number of hydrogen-bond donors (Lipinski definition) is 0. The van der Waals surface area contributed by atoms with Crippen LogP contribution in [0.1, 0.15) is 41.0 Å². The standard InChI is InChI=1S/C17H27NO5/c1-12(2)8-9-13(14(19)10-11-15(20)22-7)18(6)16(21)23-17(3,4)5/h8,10-11,13H,9H2,1-7H3/b11-10+. The Morgan fingerprint density at radius 3 is 2.13 bits per heavy atom. The summed E-state index contributed by atoms with van der Waals surface area (Å²) in [7, 11) is 2.73. The van der Waals surface area contributed by atoms with Crippen LogP contribution in [-0.4, -0.2) is 48.5 Å². The summed E-state index contributed by atoms with van der Waals surface area (Å²) in [6.45, 7) is 9.06. The molecule has 130 valence electrons. The number of nitrogens with zero attached hydrogens (tertiary/aromatic N) is 1. The number of esters is 1. The van der Waals surface area contributed by atoms with Gasteiger partial charge >= 0.3 is 12.1 Å². The molecule has 1 unspecified atom stereocenters. The van der Waals surface area contributed by atoms with Gasteiger partial charge in [0.15, 0.2) is 5.78 Å². The molecule has 0 saturated heterocycles. The number of rotatable bonds is 6. The zero-order valence-electron chi connectivity index (χ0n) is 15.0. The van der Waals surface area contributed by atoms with Crippen LogP contribution in [0, 0.1) is 0 Å². The van der Waals surface area contributed by atoms with Crippen molar-refractivity contribution in [2.24, 2.45) is 0 Å². The van der Waals surface area contributed by atoms with Crippen LogP contribution in [0.5, 0.6) is 0 Å². The number of allylic oxidation sites excluding steroid dienone is 1. The summed E-state index contributed by atoms with van der Waals surface area (Å²) in [6, 6.07) is -0.749. The van der Waals surface area contributed by atoms with Gasteiger partial charge in [-0.05, 0) is 47.1 Å². The molecule has 0 saturated carbocycles. The fourth-order valence-electron chi connectivity index (χ4n) is 1.60. The lowest BCUT2D eigenvalue weighted by molar-refractivity contribution is -0.135. The van der Waals surface area contributed by atoms with E-state index < -0.39 is 23.7 Å². The quantitative estimate of drug-likeness (QED) is 0.426. The number of methoxy groups -OCH3 is 1. The Balaban J connectivity index is 5.23. The minimum absolute atomic E-state index is 0.336. The Hall–Kier alpha value is -2.11. The van der Waals surface area contributed by atoms with Crippen molar-refractivity contribution in [3.05, 3.63) is 23.8 Å². The molecule has 0 radical (unpaired) electrons. The first-order chi connectivity index (χ1) is 10.5. The number of amides is 1. The Kier molecular flexibility index (Phi) is 8.29. The van der Waals surface area contributed by atoms with Crippen molar-refractivity contribution in [2.75, 3.05) is 14.2 Å². The number of likely N-dealkylation sites (N-methyl/N-ethyl adjacent to an activating group) is 1. The fraction of sp³-hybridized carbons (Fsp3) is 0.588. The lowest BCUT2D eigenvalue weighted by Crippen LogP contribution is -2.44. The smallest absolute Gasteiger partial charge is 0.410 e. The highest BCUT2D eigenvalue weighted by molar-refractivity contribution is 6.00. The highest BCUT2D eigenvalue weighted by Gasteiger charge is 2.28. The third-order valence-electron chi connectivity index (χ3n) is 2.81. The highest BCUT2D eigenvalue weighted by atomic mass is 16.6. The van der Waals surface area contributed by atoms with E-state index in [9.17, 15) is 14.4 Å². The van der Waals surface area contributed by atoms with E-state index in [-0.39, 0.29) is 5.78 Å². The zero-order chi connectivity index (χ0) is 18.2. The van der Waals surface area contributed by atoms with Gasteiger partial charge in [-0.1, -0.05) is 11.6 Å². The molecule has 0 aromatic heterocycles. The molecule has 0 N–H and O–H groups in total. The van der Waals surface area contributed by atoms with Gasteiger partial charge in [0.25, 0.3) is 0 Å². The Morgan fingerprint density at radius 1 is 1.13 bits per heavy atom. The van der Waals surface area contributed by atoms with Crippen molar-refractivity contribution >= 4 is 17.8 Å². The van der Waals surface area contributed by atoms with E-state index >= 15 is 0 Å². The summed E-state index contributed by atoms with van der Waals surface area (Å²) in [5.41, 5.74) is 0.370. The minimum Gasteiger partial charge on any atom is -0.466 e. The van der Waals surface area contributed by atoms with Crippen molar-refractivity contribution in [1.82, 2.24) is 4.90 Å². The normalized spacial score (nSPS) is 12.5. The monoisotopic (exact) mass is 325 g/mol. The van der Waals surface area contributed by atoms with E-state index in [1.54, 1.807) is 20.8 Å². The molecule has 0 aromatic rings. The third-order valence-corrected chi connectivity index (χ3v) is 2.81. The van der Waals surface area contributed by atoms with E-state index in [2.05, 4.69) is 4.74 Å². The molecule has 0 fully saturated rings. The summed E-state index contributed by atoms with van der Waals surface area (Å²) < 4.78 is 9.74. The number of carbonyl (C=O) groups is 3. The molecule has 0 aliphatic rings. The van der Waals surface area contributed by atoms with Crippen LogP contribution in [0.3, 0.4) is 0 Å². The summed E-state index contributed by atoms with van der Waals surface area (Å²) in [5, 5.41) is 0. The number of ketones is 1. The molecular formula is C17H27NO5. The number of ether oxygens (including phenoxy) is 2. The summed E-state index contributed by atoms with van der Waals surface area (Å²) in [6.07, 6.45) is 3.76. The second-order valence-electron chi connectivity index (χ2n) is 6.38. The maximum Gasteiger partial charge on any atom is 0.410 e. The zero-order valence-corrected chi connectivity index (χ0v) is 15.0. The largest absolute Gasteiger partial charge is 0.466 e. The van der Waals surface area contributed by atoms with Gasteiger partial charge in [-0.3, -0.25) is 4.79 Å². The van der Waals surface area contributed by atoms with Crippen molar-refractivity contribution in [3.63, 3.8) is 0 Å². The van der Waals surface area contributed by atoms with Crippen LogP contribution < -0.4 is 0 Å². The van der Waals surface area contributed by atoms with E-state index in [1.807, 2.05) is 19.9 Å². The summed E-state index contributed by atoms with van der Waals surface area (Å²) in [5.74, 6) is -1.000. The molecule has 6 nitrogen and oxygen atoms in total. The molecule has 0 aromatic carbocycles. The predicted octanol–water partition coefficient (Wildman–Crippen LogP) is 2.88. The van der Waals surface area contributed by atoms with Crippen LogP contribution in [-0.2, 0) is 19.1 Å². The molecule has 1 atom stereocenters. The average Bonchev–Trinajstić information content (AvgIpc) is 2.42. The number of hydrogen-bond acceptors (Lipinski definition) is 5. The molecule has 6 heteroatoms.